The molecule has 1 saturated carbocycles. The topological polar surface area (TPSA) is 44.3 Å². The van der Waals surface area contributed by atoms with Crippen molar-refractivity contribution in [1.29, 1.82) is 0 Å². The highest BCUT2D eigenvalue weighted by Gasteiger charge is 2.14. The molecule has 0 aromatic carbocycles. The van der Waals surface area contributed by atoms with Crippen molar-refractivity contribution in [3.8, 4) is 0 Å². The second kappa shape index (κ2) is 6.35. The molecule has 3 N–H and O–H groups in total. The maximum absolute atomic E-state index is 8.78. The van der Waals surface area contributed by atoms with Gasteiger partial charge in [0, 0.05) is 12.1 Å². The summed E-state index contributed by atoms with van der Waals surface area (Å²) in [5, 5.41) is 15.2. The van der Waals surface area contributed by atoms with Gasteiger partial charge in [-0.25, -0.2) is 0 Å². The summed E-state index contributed by atoms with van der Waals surface area (Å²) in [5.41, 5.74) is 0. The highest BCUT2D eigenvalue weighted by molar-refractivity contribution is 4.75. The van der Waals surface area contributed by atoms with Crippen LogP contribution in [0, 0.1) is 0 Å². The minimum absolute atomic E-state index is 0.120. The van der Waals surface area contributed by atoms with Gasteiger partial charge in [-0.1, -0.05) is 12.8 Å². The standard InChI is InChI=1S/C10H22N2O/c1-11-9-4-2-3-5-10(7-6-9)12-8-13/h9-13H,2-8H2,1H3/t9-,10-/m1/s1. The Balaban J connectivity index is 2.27. The van der Waals surface area contributed by atoms with Gasteiger partial charge in [-0.05, 0) is 32.7 Å². The second-order valence-corrected chi connectivity index (χ2v) is 3.91. The number of aliphatic hydroxyl groups excluding tert-OH is 1. The summed E-state index contributed by atoms with van der Waals surface area (Å²) in [6.45, 7) is 0.120. The Morgan fingerprint density at radius 2 is 1.69 bits per heavy atom. The molecule has 0 aliphatic heterocycles. The molecule has 0 aromatic heterocycles. The maximum Gasteiger partial charge on any atom is 0.0933 e. The third kappa shape index (κ3) is 4.07. The van der Waals surface area contributed by atoms with E-state index in [0.29, 0.717) is 12.1 Å². The van der Waals surface area contributed by atoms with E-state index in [1.807, 2.05) is 7.05 Å². The van der Waals surface area contributed by atoms with Crippen LogP contribution in [0.4, 0.5) is 0 Å². The zero-order valence-electron chi connectivity index (χ0n) is 8.55. The van der Waals surface area contributed by atoms with Crippen LogP contribution >= 0.6 is 0 Å². The lowest BCUT2D eigenvalue weighted by Crippen LogP contribution is -2.34. The van der Waals surface area contributed by atoms with E-state index in [9.17, 15) is 0 Å². The Morgan fingerprint density at radius 3 is 2.31 bits per heavy atom. The van der Waals surface area contributed by atoms with E-state index >= 15 is 0 Å². The van der Waals surface area contributed by atoms with Gasteiger partial charge in [-0.3, -0.25) is 5.32 Å². The first-order valence-corrected chi connectivity index (χ1v) is 5.38. The molecule has 1 fully saturated rings. The molecular formula is C10H22N2O. The summed E-state index contributed by atoms with van der Waals surface area (Å²) < 4.78 is 0. The molecule has 1 aliphatic rings. The van der Waals surface area contributed by atoms with Crippen LogP contribution in [0.25, 0.3) is 0 Å². The Hall–Kier alpha value is -0.120. The summed E-state index contributed by atoms with van der Waals surface area (Å²) >= 11 is 0. The van der Waals surface area contributed by atoms with Crippen LogP contribution in [0.2, 0.25) is 0 Å². The predicted octanol–water partition coefficient (Wildman–Crippen LogP) is 0.837. The molecule has 0 bridgehead atoms. The van der Waals surface area contributed by atoms with Crippen LogP contribution in [0.3, 0.4) is 0 Å². The fourth-order valence-electron chi connectivity index (χ4n) is 2.09. The lowest BCUT2D eigenvalue weighted by atomic mass is 9.93. The van der Waals surface area contributed by atoms with E-state index in [-0.39, 0.29) is 6.73 Å². The lowest BCUT2D eigenvalue weighted by Gasteiger charge is -2.24. The van der Waals surface area contributed by atoms with Gasteiger partial charge in [0.2, 0.25) is 0 Å². The van der Waals surface area contributed by atoms with Crippen molar-refractivity contribution >= 4 is 0 Å². The number of aliphatic hydroxyl groups is 1. The van der Waals surface area contributed by atoms with E-state index in [4.69, 9.17) is 5.11 Å². The molecule has 3 heteroatoms. The molecule has 0 heterocycles. The third-order valence-corrected chi connectivity index (χ3v) is 3.01. The number of nitrogens with one attached hydrogen (secondary N) is 2. The van der Waals surface area contributed by atoms with Gasteiger partial charge in [0.1, 0.15) is 0 Å². The zero-order valence-corrected chi connectivity index (χ0v) is 8.55. The monoisotopic (exact) mass is 186 g/mol. The van der Waals surface area contributed by atoms with Crippen molar-refractivity contribution in [2.45, 2.75) is 50.6 Å². The molecule has 13 heavy (non-hydrogen) atoms. The quantitative estimate of drug-likeness (QED) is 0.572. The van der Waals surface area contributed by atoms with E-state index in [0.717, 1.165) is 0 Å². The molecule has 0 saturated heterocycles. The smallest absolute Gasteiger partial charge is 0.0933 e. The fourth-order valence-corrected chi connectivity index (χ4v) is 2.09. The first-order chi connectivity index (χ1) is 6.36. The van der Waals surface area contributed by atoms with Crippen LogP contribution < -0.4 is 10.6 Å². The van der Waals surface area contributed by atoms with Gasteiger partial charge in [0.25, 0.3) is 0 Å². The van der Waals surface area contributed by atoms with E-state index in [1.54, 1.807) is 0 Å². The van der Waals surface area contributed by atoms with Crippen molar-refractivity contribution < 1.29 is 5.11 Å². The molecule has 1 aliphatic carbocycles. The molecule has 0 spiro atoms. The molecule has 2 atom stereocenters. The first-order valence-electron chi connectivity index (χ1n) is 5.38. The summed E-state index contributed by atoms with van der Waals surface area (Å²) in [4.78, 5) is 0. The van der Waals surface area contributed by atoms with Crippen LogP contribution in [0.1, 0.15) is 38.5 Å². The molecule has 3 nitrogen and oxygen atoms in total. The molecular weight excluding hydrogens is 164 g/mol. The van der Waals surface area contributed by atoms with Crippen LogP contribution in [-0.2, 0) is 0 Å². The number of hydrogen-bond donors (Lipinski definition) is 3. The van der Waals surface area contributed by atoms with Gasteiger partial charge in [-0.15, -0.1) is 0 Å². The summed E-state index contributed by atoms with van der Waals surface area (Å²) in [5.74, 6) is 0. The molecule has 78 valence electrons. The molecule has 0 aromatic rings. The Labute approximate surface area is 80.9 Å². The van der Waals surface area contributed by atoms with Gasteiger partial charge in [0.05, 0.1) is 6.73 Å². The van der Waals surface area contributed by atoms with E-state index in [1.165, 1.54) is 38.5 Å². The average molecular weight is 186 g/mol. The van der Waals surface area contributed by atoms with Crippen molar-refractivity contribution in [3.63, 3.8) is 0 Å². The largest absolute Gasteiger partial charge is 0.381 e. The fraction of sp³-hybridized carbons (Fsp3) is 1.00. The van der Waals surface area contributed by atoms with Crippen LogP contribution in [-0.4, -0.2) is 31.0 Å². The molecule has 1 rings (SSSR count). The average Bonchev–Trinajstić information content (AvgIpc) is 2.11. The Kier molecular flexibility index (Phi) is 5.35. The predicted molar refractivity (Wildman–Crippen MR) is 54.6 cm³/mol. The minimum atomic E-state index is 0.120. The SMILES string of the molecule is CN[C@@H]1CCCC[C@@H](NCO)CC1. The van der Waals surface area contributed by atoms with Crippen molar-refractivity contribution in [3.05, 3.63) is 0 Å². The van der Waals surface area contributed by atoms with Gasteiger partial charge in [-0.2, -0.15) is 0 Å². The highest BCUT2D eigenvalue weighted by Crippen LogP contribution is 2.17. The van der Waals surface area contributed by atoms with Crippen molar-refractivity contribution in [2.75, 3.05) is 13.8 Å². The summed E-state index contributed by atoms with van der Waals surface area (Å²) in [6, 6.07) is 1.21. The first kappa shape index (κ1) is 11.0. The Bertz CT molecular complexity index is 130. The molecule has 0 amide bonds. The van der Waals surface area contributed by atoms with Gasteiger partial charge >= 0.3 is 0 Å². The summed E-state index contributed by atoms with van der Waals surface area (Å²) in [6.07, 6.45) is 7.55. The normalized spacial score (nSPS) is 30.9. The number of rotatable bonds is 3. The molecule has 0 unspecified atom stereocenters. The lowest BCUT2D eigenvalue weighted by molar-refractivity contribution is 0.222. The van der Waals surface area contributed by atoms with Crippen LogP contribution in [0.15, 0.2) is 0 Å². The molecule has 0 radical (unpaired) electrons. The number of hydrogen-bond acceptors (Lipinski definition) is 3. The maximum atomic E-state index is 8.78. The van der Waals surface area contributed by atoms with Crippen molar-refractivity contribution in [1.82, 2.24) is 10.6 Å². The van der Waals surface area contributed by atoms with Gasteiger partial charge in [0.15, 0.2) is 0 Å². The van der Waals surface area contributed by atoms with Gasteiger partial charge < -0.3 is 10.4 Å². The van der Waals surface area contributed by atoms with Crippen LogP contribution in [0.5, 0.6) is 0 Å². The van der Waals surface area contributed by atoms with E-state index < -0.39 is 0 Å². The summed E-state index contributed by atoms with van der Waals surface area (Å²) in [7, 11) is 2.04. The van der Waals surface area contributed by atoms with Crippen molar-refractivity contribution in [2.24, 2.45) is 0 Å². The second-order valence-electron chi connectivity index (χ2n) is 3.91. The Morgan fingerprint density at radius 1 is 1.08 bits per heavy atom. The van der Waals surface area contributed by atoms with E-state index in [2.05, 4.69) is 10.6 Å². The third-order valence-electron chi connectivity index (χ3n) is 3.01. The zero-order chi connectivity index (χ0) is 9.52. The minimum Gasteiger partial charge on any atom is -0.381 e. The highest BCUT2D eigenvalue weighted by atomic mass is 16.3.